The number of ether oxygens (including phenoxy) is 1. The number of carboxylic acid groups (broad SMARTS) is 1. The molecule has 3 rings (SSSR count). The number of carboxylic acids is 1. The molecule has 2 aromatic rings. The van der Waals surface area contributed by atoms with Gasteiger partial charge in [-0.2, -0.15) is 0 Å². The molecule has 7 heteroatoms. The van der Waals surface area contributed by atoms with E-state index in [9.17, 15) is 19.5 Å². The Kier molecular flexibility index (Phi) is 8.60. The van der Waals surface area contributed by atoms with Crippen LogP contribution >= 0.6 is 0 Å². The third kappa shape index (κ3) is 6.20. The van der Waals surface area contributed by atoms with Gasteiger partial charge in [0.2, 0.25) is 5.91 Å². The van der Waals surface area contributed by atoms with Crippen molar-refractivity contribution in [1.82, 2.24) is 10.2 Å². The summed E-state index contributed by atoms with van der Waals surface area (Å²) in [4.78, 5) is 38.9. The highest BCUT2D eigenvalue weighted by atomic mass is 16.5. The first kappa shape index (κ1) is 24.5. The molecule has 1 aliphatic rings. The number of carbonyl (C=O) groups excluding carboxylic acids is 2. The van der Waals surface area contributed by atoms with Gasteiger partial charge >= 0.3 is 11.9 Å². The van der Waals surface area contributed by atoms with Crippen LogP contribution in [0, 0.1) is 0 Å². The summed E-state index contributed by atoms with van der Waals surface area (Å²) in [6.45, 7) is 4.61. The summed E-state index contributed by atoms with van der Waals surface area (Å²) in [6, 6.07) is 17.7. The minimum Gasteiger partial charge on any atom is -0.480 e. The molecular weight excluding hydrogens is 420 g/mol. The average Bonchev–Trinajstić information content (AvgIpc) is 3.28. The summed E-state index contributed by atoms with van der Waals surface area (Å²) >= 11 is 0. The van der Waals surface area contributed by atoms with Crippen LogP contribution in [0.5, 0.6) is 0 Å². The molecule has 1 fully saturated rings. The predicted octanol–water partition coefficient (Wildman–Crippen LogP) is 3.17. The zero-order valence-electron chi connectivity index (χ0n) is 19.1. The summed E-state index contributed by atoms with van der Waals surface area (Å²) in [7, 11) is 0. The highest BCUT2D eigenvalue weighted by molar-refractivity contribution is 5.87. The first-order valence-corrected chi connectivity index (χ1v) is 11.5. The highest BCUT2D eigenvalue weighted by Gasteiger charge is 2.41. The minimum atomic E-state index is -0.986. The fourth-order valence-electron chi connectivity index (χ4n) is 4.41. The molecule has 0 spiro atoms. The molecule has 0 aromatic heterocycles. The van der Waals surface area contributed by atoms with E-state index in [1.165, 1.54) is 4.90 Å². The molecule has 33 heavy (non-hydrogen) atoms. The van der Waals surface area contributed by atoms with E-state index in [1.54, 1.807) is 13.8 Å². The fourth-order valence-corrected chi connectivity index (χ4v) is 4.41. The van der Waals surface area contributed by atoms with Crippen LogP contribution in [0.15, 0.2) is 60.7 Å². The normalized spacial score (nSPS) is 19.6. The average molecular weight is 453 g/mol. The van der Waals surface area contributed by atoms with E-state index in [4.69, 9.17) is 4.74 Å². The summed E-state index contributed by atoms with van der Waals surface area (Å²) in [5, 5.41) is 12.9. The van der Waals surface area contributed by atoms with Crippen LogP contribution in [0.1, 0.15) is 49.7 Å². The van der Waals surface area contributed by atoms with Crippen molar-refractivity contribution in [2.75, 3.05) is 19.7 Å². The molecule has 0 bridgehead atoms. The monoisotopic (exact) mass is 452 g/mol. The maximum absolute atomic E-state index is 13.1. The molecule has 1 saturated heterocycles. The Labute approximate surface area is 194 Å². The molecule has 0 saturated carbocycles. The van der Waals surface area contributed by atoms with Crippen molar-refractivity contribution in [3.05, 3.63) is 71.8 Å². The maximum Gasteiger partial charge on any atom is 0.326 e. The van der Waals surface area contributed by atoms with Crippen molar-refractivity contribution in [3.8, 4) is 0 Å². The van der Waals surface area contributed by atoms with Gasteiger partial charge in [-0.25, -0.2) is 4.79 Å². The molecule has 0 aliphatic carbocycles. The third-order valence-corrected chi connectivity index (χ3v) is 6.17. The molecule has 1 unspecified atom stereocenters. The van der Waals surface area contributed by atoms with Gasteiger partial charge in [-0.15, -0.1) is 0 Å². The van der Waals surface area contributed by atoms with Crippen molar-refractivity contribution in [1.29, 1.82) is 0 Å². The SMILES string of the molecule is CCOC(=O)[C@@H](CCN[C@@H](C)C(=O)N1CC(c2ccccc2)C[C@H]1C(=O)O)c1ccccc1. The van der Waals surface area contributed by atoms with E-state index in [0.717, 1.165) is 11.1 Å². The van der Waals surface area contributed by atoms with Crippen LogP contribution in [0.4, 0.5) is 0 Å². The number of hydrogen-bond acceptors (Lipinski definition) is 5. The second-order valence-electron chi connectivity index (χ2n) is 8.37. The molecule has 1 amide bonds. The summed E-state index contributed by atoms with van der Waals surface area (Å²) in [5.74, 6) is -1.95. The van der Waals surface area contributed by atoms with Crippen molar-refractivity contribution in [2.45, 2.75) is 50.6 Å². The van der Waals surface area contributed by atoms with Crippen molar-refractivity contribution in [3.63, 3.8) is 0 Å². The minimum absolute atomic E-state index is 0.00488. The van der Waals surface area contributed by atoms with Crippen molar-refractivity contribution < 1.29 is 24.2 Å². The van der Waals surface area contributed by atoms with Crippen LogP contribution in [0.2, 0.25) is 0 Å². The summed E-state index contributed by atoms with van der Waals surface area (Å²) < 4.78 is 5.23. The Balaban J connectivity index is 1.61. The lowest BCUT2D eigenvalue weighted by molar-refractivity contribution is -0.149. The molecule has 1 aliphatic heterocycles. The number of nitrogens with one attached hydrogen (secondary N) is 1. The standard InChI is InChI=1S/C26H32N2O5/c1-3-33-26(32)22(20-12-8-5-9-13-20)14-15-27-18(2)24(29)28-17-21(16-23(28)25(30)31)19-10-6-4-7-11-19/h4-13,18,21-23,27H,3,14-17H2,1-2H3,(H,30,31)/t18-,21?,22-,23-/m0/s1. The molecule has 1 heterocycles. The zero-order valence-corrected chi connectivity index (χ0v) is 19.1. The first-order valence-electron chi connectivity index (χ1n) is 11.5. The number of esters is 1. The molecule has 2 N–H and O–H groups in total. The van der Waals surface area contributed by atoms with Crippen LogP contribution in [0.3, 0.4) is 0 Å². The Morgan fingerprint density at radius 1 is 1.09 bits per heavy atom. The van der Waals surface area contributed by atoms with Crippen molar-refractivity contribution >= 4 is 17.8 Å². The van der Waals surface area contributed by atoms with Gasteiger partial charge < -0.3 is 20.1 Å². The Hall–Kier alpha value is -3.19. The van der Waals surface area contributed by atoms with Crippen molar-refractivity contribution in [2.24, 2.45) is 0 Å². The van der Waals surface area contributed by atoms with E-state index < -0.39 is 24.0 Å². The van der Waals surface area contributed by atoms with E-state index in [-0.39, 0.29) is 17.8 Å². The Morgan fingerprint density at radius 3 is 2.33 bits per heavy atom. The molecular formula is C26H32N2O5. The number of hydrogen-bond donors (Lipinski definition) is 2. The number of likely N-dealkylation sites (tertiary alicyclic amines) is 1. The molecule has 4 atom stereocenters. The van der Waals surface area contributed by atoms with E-state index in [0.29, 0.717) is 32.5 Å². The number of aliphatic carboxylic acids is 1. The summed E-state index contributed by atoms with van der Waals surface area (Å²) in [5.41, 5.74) is 1.91. The van der Waals surface area contributed by atoms with Gasteiger partial charge in [0.25, 0.3) is 0 Å². The van der Waals surface area contributed by atoms with E-state index >= 15 is 0 Å². The molecule has 0 radical (unpaired) electrons. The number of carbonyl (C=O) groups is 3. The lowest BCUT2D eigenvalue weighted by Gasteiger charge is -2.26. The molecule has 176 valence electrons. The number of amides is 1. The third-order valence-electron chi connectivity index (χ3n) is 6.17. The Bertz CT molecular complexity index is 934. The zero-order chi connectivity index (χ0) is 23.8. The number of nitrogens with zero attached hydrogens (tertiary/aromatic N) is 1. The highest BCUT2D eigenvalue weighted by Crippen LogP contribution is 2.32. The van der Waals surface area contributed by atoms with E-state index in [1.807, 2.05) is 60.7 Å². The predicted molar refractivity (Wildman–Crippen MR) is 125 cm³/mol. The molecule has 2 aromatic carbocycles. The van der Waals surface area contributed by atoms with Crippen LogP contribution in [0.25, 0.3) is 0 Å². The maximum atomic E-state index is 13.1. The van der Waals surface area contributed by atoms with Gasteiger partial charge in [0.15, 0.2) is 0 Å². The van der Waals surface area contributed by atoms with Gasteiger partial charge in [-0.1, -0.05) is 60.7 Å². The summed E-state index contributed by atoms with van der Waals surface area (Å²) in [6.07, 6.45) is 0.867. The lowest BCUT2D eigenvalue weighted by Crippen LogP contribution is -2.49. The second kappa shape index (κ2) is 11.6. The molecule has 7 nitrogen and oxygen atoms in total. The van der Waals surface area contributed by atoms with E-state index in [2.05, 4.69) is 5.32 Å². The van der Waals surface area contributed by atoms with Crippen LogP contribution in [-0.2, 0) is 19.1 Å². The number of benzene rings is 2. The Morgan fingerprint density at radius 2 is 1.73 bits per heavy atom. The van der Waals surface area contributed by atoms with Crippen LogP contribution in [-0.4, -0.2) is 59.6 Å². The quantitative estimate of drug-likeness (QED) is 0.538. The first-order chi connectivity index (χ1) is 15.9. The largest absolute Gasteiger partial charge is 0.480 e. The van der Waals surface area contributed by atoms with Crippen LogP contribution < -0.4 is 5.32 Å². The lowest BCUT2D eigenvalue weighted by atomic mass is 9.95. The smallest absolute Gasteiger partial charge is 0.326 e. The van der Waals surface area contributed by atoms with Gasteiger partial charge in [0.1, 0.15) is 6.04 Å². The topological polar surface area (TPSA) is 95.9 Å². The van der Waals surface area contributed by atoms with Gasteiger partial charge in [0, 0.05) is 12.5 Å². The second-order valence-corrected chi connectivity index (χ2v) is 8.37. The fraction of sp³-hybridized carbons (Fsp3) is 0.423. The van der Waals surface area contributed by atoms with Gasteiger partial charge in [-0.05, 0) is 44.4 Å². The van der Waals surface area contributed by atoms with Gasteiger partial charge in [0.05, 0.1) is 18.6 Å². The number of rotatable bonds is 10. The van der Waals surface area contributed by atoms with Gasteiger partial charge in [-0.3, -0.25) is 9.59 Å².